The van der Waals surface area contributed by atoms with E-state index in [1.54, 1.807) is 0 Å². The summed E-state index contributed by atoms with van der Waals surface area (Å²) in [7, 11) is 0. The van der Waals surface area contributed by atoms with Crippen molar-refractivity contribution >= 4 is 0 Å². The van der Waals surface area contributed by atoms with Crippen molar-refractivity contribution in [2.75, 3.05) is 19.6 Å². The number of nitrogens with one attached hydrogen (secondary N) is 1. The molecular formula is C9H13N2. The summed E-state index contributed by atoms with van der Waals surface area (Å²) in [4.78, 5) is 2.39. The molecule has 0 saturated carbocycles. The van der Waals surface area contributed by atoms with Gasteiger partial charge >= 0.3 is 0 Å². The zero-order valence-corrected chi connectivity index (χ0v) is 6.64. The molecule has 2 rings (SSSR count). The summed E-state index contributed by atoms with van der Waals surface area (Å²) in [5, 5.41) is 3.33. The zero-order valence-electron chi connectivity index (χ0n) is 6.64. The van der Waals surface area contributed by atoms with Crippen LogP contribution in [0.4, 0.5) is 0 Å². The fourth-order valence-corrected chi connectivity index (χ4v) is 1.56. The van der Waals surface area contributed by atoms with Crippen LogP contribution in [-0.2, 0) is 0 Å². The highest BCUT2D eigenvalue weighted by Crippen LogP contribution is 2.13. The van der Waals surface area contributed by atoms with E-state index in [-0.39, 0.29) is 0 Å². The molecule has 0 aromatic carbocycles. The Morgan fingerprint density at radius 2 is 2.18 bits per heavy atom. The summed E-state index contributed by atoms with van der Waals surface area (Å²) in [6.07, 6.45) is 9.84. The van der Waals surface area contributed by atoms with Crippen LogP contribution in [0.2, 0.25) is 0 Å². The van der Waals surface area contributed by atoms with Crippen LogP contribution in [0.5, 0.6) is 0 Å². The monoisotopic (exact) mass is 149 g/mol. The summed E-state index contributed by atoms with van der Waals surface area (Å²) in [6.45, 7) is 3.35. The first-order chi connectivity index (χ1) is 5.47. The molecule has 0 unspecified atom stereocenters. The summed E-state index contributed by atoms with van der Waals surface area (Å²) in [5.41, 5.74) is 0. The molecule has 11 heavy (non-hydrogen) atoms. The molecule has 2 aliphatic rings. The highest BCUT2D eigenvalue weighted by molar-refractivity contribution is 5.11. The molecule has 2 nitrogen and oxygen atoms in total. The molecule has 0 atom stereocenters. The number of rotatable bonds is 1. The van der Waals surface area contributed by atoms with E-state index in [4.69, 9.17) is 0 Å². The van der Waals surface area contributed by atoms with E-state index in [1.807, 2.05) is 12.2 Å². The van der Waals surface area contributed by atoms with E-state index in [0.29, 0.717) is 0 Å². The molecule has 2 aliphatic heterocycles. The largest absolute Gasteiger partial charge is 0.368 e. The van der Waals surface area contributed by atoms with Crippen LogP contribution < -0.4 is 5.32 Å². The fourth-order valence-electron chi connectivity index (χ4n) is 1.56. The third-order valence-corrected chi connectivity index (χ3v) is 2.17. The molecular weight excluding hydrogens is 136 g/mol. The number of hydrogen-bond acceptors (Lipinski definition) is 2. The van der Waals surface area contributed by atoms with Gasteiger partial charge in [0.2, 0.25) is 0 Å². The Labute approximate surface area is 67.6 Å². The van der Waals surface area contributed by atoms with E-state index in [9.17, 15) is 0 Å². The molecule has 0 aromatic rings. The molecule has 1 fully saturated rings. The molecule has 1 radical (unpaired) electrons. The third kappa shape index (κ3) is 1.39. The second kappa shape index (κ2) is 2.99. The minimum absolute atomic E-state index is 0.933. The van der Waals surface area contributed by atoms with E-state index in [1.165, 1.54) is 31.8 Å². The van der Waals surface area contributed by atoms with Crippen LogP contribution in [0.3, 0.4) is 0 Å². The highest BCUT2D eigenvalue weighted by Gasteiger charge is 2.14. The molecule has 1 N–H and O–H groups in total. The van der Waals surface area contributed by atoms with Gasteiger partial charge in [-0.2, -0.15) is 0 Å². The molecule has 2 heteroatoms. The van der Waals surface area contributed by atoms with E-state index >= 15 is 0 Å². The lowest BCUT2D eigenvalue weighted by atomic mass is 10.3. The predicted octanol–water partition coefficient (Wildman–Crippen LogP) is 0.886. The number of dihydropyridines is 1. The third-order valence-electron chi connectivity index (χ3n) is 2.17. The van der Waals surface area contributed by atoms with Gasteiger partial charge in [-0.05, 0) is 25.0 Å². The van der Waals surface area contributed by atoms with Crippen molar-refractivity contribution in [3.8, 4) is 0 Å². The second-order valence-corrected chi connectivity index (χ2v) is 2.98. The standard InChI is InChI=1S/C9H13N2/c1-2-6-10-9(5-1)11-7-3-4-8-11/h2,5,10H,3-4,6-8H2. The Kier molecular flexibility index (Phi) is 1.84. The predicted molar refractivity (Wildman–Crippen MR) is 44.7 cm³/mol. The molecule has 59 valence electrons. The van der Waals surface area contributed by atoms with Crippen LogP contribution in [0.1, 0.15) is 12.8 Å². The van der Waals surface area contributed by atoms with Crippen molar-refractivity contribution in [3.05, 3.63) is 24.0 Å². The fraction of sp³-hybridized carbons (Fsp3) is 0.556. The van der Waals surface area contributed by atoms with Crippen molar-refractivity contribution in [1.82, 2.24) is 10.2 Å². The zero-order chi connectivity index (χ0) is 7.52. The van der Waals surface area contributed by atoms with Crippen molar-refractivity contribution in [2.24, 2.45) is 0 Å². The highest BCUT2D eigenvalue weighted by atomic mass is 15.2. The quantitative estimate of drug-likeness (QED) is 0.595. The maximum absolute atomic E-state index is 3.33. The summed E-state index contributed by atoms with van der Waals surface area (Å²) in [6, 6.07) is 0. The minimum atomic E-state index is 0.933. The van der Waals surface area contributed by atoms with Gasteiger partial charge < -0.3 is 10.2 Å². The Bertz CT molecular complexity index is 188. The smallest absolute Gasteiger partial charge is 0.102 e. The van der Waals surface area contributed by atoms with Gasteiger partial charge in [-0.25, -0.2) is 0 Å². The molecule has 0 amide bonds. The van der Waals surface area contributed by atoms with Crippen LogP contribution in [0.25, 0.3) is 0 Å². The van der Waals surface area contributed by atoms with Gasteiger partial charge in [-0.1, -0.05) is 6.08 Å². The van der Waals surface area contributed by atoms with E-state index in [2.05, 4.69) is 16.3 Å². The lowest BCUT2D eigenvalue weighted by molar-refractivity contribution is 0.393. The Morgan fingerprint density at radius 1 is 1.36 bits per heavy atom. The molecule has 0 bridgehead atoms. The first-order valence-corrected chi connectivity index (χ1v) is 4.23. The summed E-state index contributed by atoms with van der Waals surface area (Å²) < 4.78 is 0. The maximum atomic E-state index is 3.33. The second-order valence-electron chi connectivity index (χ2n) is 2.98. The van der Waals surface area contributed by atoms with Gasteiger partial charge in [0.1, 0.15) is 5.82 Å². The normalized spacial score (nSPS) is 23.3. The average molecular weight is 149 g/mol. The number of hydrogen-bond donors (Lipinski definition) is 1. The number of allylic oxidation sites excluding steroid dienone is 2. The molecule has 0 aromatic heterocycles. The van der Waals surface area contributed by atoms with Crippen LogP contribution in [0.15, 0.2) is 18.0 Å². The maximum Gasteiger partial charge on any atom is 0.102 e. The number of nitrogens with zero attached hydrogens (tertiary/aromatic N) is 1. The lowest BCUT2D eigenvalue weighted by Crippen LogP contribution is -2.30. The van der Waals surface area contributed by atoms with E-state index in [0.717, 1.165) is 6.54 Å². The van der Waals surface area contributed by atoms with Gasteiger partial charge in [-0.15, -0.1) is 0 Å². The van der Waals surface area contributed by atoms with Gasteiger partial charge in [0.25, 0.3) is 0 Å². The van der Waals surface area contributed by atoms with Crippen molar-refractivity contribution in [3.63, 3.8) is 0 Å². The Morgan fingerprint density at radius 3 is 2.82 bits per heavy atom. The van der Waals surface area contributed by atoms with Crippen LogP contribution >= 0.6 is 0 Å². The molecule has 0 spiro atoms. The molecule has 2 heterocycles. The van der Waals surface area contributed by atoms with Crippen molar-refractivity contribution < 1.29 is 0 Å². The van der Waals surface area contributed by atoms with Crippen molar-refractivity contribution in [1.29, 1.82) is 0 Å². The van der Waals surface area contributed by atoms with Gasteiger partial charge in [0.05, 0.1) is 0 Å². The first kappa shape index (κ1) is 6.77. The summed E-state index contributed by atoms with van der Waals surface area (Å²) >= 11 is 0. The molecule has 1 saturated heterocycles. The summed E-state index contributed by atoms with van der Waals surface area (Å²) in [5.74, 6) is 1.25. The van der Waals surface area contributed by atoms with Gasteiger partial charge in [0, 0.05) is 19.6 Å². The lowest BCUT2D eigenvalue weighted by Gasteiger charge is -2.23. The Hall–Kier alpha value is -0.920. The van der Waals surface area contributed by atoms with Crippen LogP contribution in [-0.4, -0.2) is 24.5 Å². The average Bonchev–Trinajstić information content (AvgIpc) is 2.58. The topological polar surface area (TPSA) is 15.3 Å². The Balaban J connectivity index is 2.02. The number of likely N-dealkylation sites (tertiary alicyclic amines) is 1. The molecule has 0 aliphatic carbocycles. The van der Waals surface area contributed by atoms with Gasteiger partial charge in [0.15, 0.2) is 0 Å². The van der Waals surface area contributed by atoms with Crippen molar-refractivity contribution in [2.45, 2.75) is 12.8 Å². The van der Waals surface area contributed by atoms with Gasteiger partial charge in [-0.3, -0.25) is 0 Å². The SMILES string of the molecule is [C]1=CCNC(N2CCCC2)=C1. The van der Waals surface area contributed by atoms with Crippen LogP contribution in [0, 0.1) is 6.08 Å². The van der Waals surface area contributed by atoms with E-state index < -0.39 is 0 Å². The minimum Gasteiger partial charge on any atom is -0.368 e. The first-order valence-electron chi connectivity index (χ1n) is 4.23.